The molecule has 4 nitrogen and oxygen atoms in total. The van der Waals surface area contributed by atoms with Gasteiger partial charge in [0.05, 0.1) is 0 Å². The predicted molar refractivity (Wildman–Crippen MR) is 78.2 cm³/mol. The molecule has 4 heteroatoms. The van der Waals surface area contributed by atoms with Crippen LogP contribution < -0.4 is 10.6 Å². The van der Waals surface area contributed by atoms with Gasteiger partial charge in [0.15, 0.2) is 0 Å². The monoisotopic (exact) mass is 260 g/mol. The summed E-state index contributed by atoms with van der Waals surface area (Å²) in [5.41, 5.74) is 6.99. The molecule has 19 heavy (non-hydrogen) atoms. The maximum absolute atomic E-state index is 5.88. The lowest BCUT2D eigenvalue weighted by Gasteiger charge is -2.43. The van der Waals surface area contributed by atoms with E-state index in [4.69, 9.17) is 5.73 Å². The molecule has 2 N–H and O–H groups in total. The zero-order valence-corrected chi connectivity index (χ0v) is 11.9. The minimum atomic E-state index is 0.0608. The molecular formula is C15H24N4. The molecule has 0 bridgehead atoms. The minimum Gasteiger partial charge on any atom is -0.351 e. The van der Waals surface area contributed by atoms with Gasteiger partial charge in [0.25, 0.3) is 0 Å². The van der Waals surface area contributed by atoms with Gasteiger partial charge in [-0.2, -0.15) is 0 Å². The summed E-state index contributed by atoms with van der Waals surface area (Å²) in [6.07, 6.45) is 4.61. The van der Waals surface area contributed by atoms with Gasteiger partial charge in [-0.1, -0.05) is 6.07 Å². The van der Waals surface area contributed by atoms with Gasteiger partial charge in [0.1, 0.15) is 5.82 Å². The van der Waals surface area contributed by atoms with Crippen molar-refractivity contribution in [1.82, 2.24) is 9.88 Å². The number of nitrogens with two attached hydrogens (primary N) is 1. The lowest BCUT2D eigenvalue weighted by Crippen LogP contribution is -2.55. The van der Waals surface area contributed by atoms with E-state index in [9.17, 15) is 0 Å². The van der Waals surface area contributed by atoms with Crippen molar-refractivity contribution in [2.75, 3.05) is 24.5 Å². The molecule has 0 amide bonds. The molecule has 2 saturated heterocycles. The molecule has 3 atom stereocenters. The van der Waals surface area contributed by atoms with Crippen LogP contribution in [0, 0.1) is 0 Å². The van der Waals surface area contributed by atoms with Crippen molar-refractivity contribution < 1.29 is 0 Å². The second kappa shape index (κ2) is 5.10. The van der Waals surface area contributed by atoms with E-state index in [1.165, 1.54) is 25.9 Å². The summed E-state index contributed by atoms with van der Waals surface area (Å²) in [5, 5.41) is 0. The molecule has 2 fully saturated rings. The summed E-state index contributed by atoms with van der Waals surface area (Å²) in [5.74, 6) is 1.10. The van der Waals surface area contributed by atoms with Crippen LogP contribution in [0.1, 0.15) is 38.3 Å². The van der Waals surface area contributed by atoms with Crippen molar-refractivity contribution in [2.45, 2.75) is 44.8 Å². The highest BCUT2D eigenvalue weighted by Crippen LogP contribution is 2.27. The third-order valence-corrected chi connectivity index (χ3v) is 4.53. The van der Waals surface area contributed by atoms with Crippen LogP contribution in [0.3, 0.4) is 0 Å². The van der Waals surface area contributed by atoms with Crippen molar-refractivity contribution in [3.05, 3.63) is 23.9 Å². The highest BCUT2D eigenvalue weighted by Gasteiger charge is 2.34. The molecule has 1 aromatic heterocycles. The SMILES string of the molecule is CC1CN2CCCC2CN1c1ccc([C@@H](C)N)cn1. The Morgan fingerprint density at radius 3 is 2.89 bits per heavy atom. The quantitative estimate of drug-likeness (QED) is 0.880. The van der Waals surface area contributed by atoms with E-state index in [1.54, 1.807) is 0 Å². The van der Waals surface area contributed by atoms with Crippen molar-refractivity contribution in [2.24, 2.45) is 5.73 Å². The molecular weight excluding hydrogens is 236 g/mol. The molecule has 2 aliphatic rings. The fourth-order valence-electron chi connectivity index (χ4n) is 3.34. The van der Waals surface area contributed by atoms with E-state index in [0.717, 1.165) is 24.0 Å². The maximum atomic E-state index is 5.88. The summed E-state index contributed by atoms with van der Waals surface area (Å²) >= 11 is 0. The summed E-state index contributed by atoms with van der Waals surface area (Å²) < 4.78 is 0. The minimum absolute atomic E-state index is 0.0608. The molecule has 0 spiro atoms. The van der Waals surface area contributed by atoms with Crippen LogP contribution in [0.4, 0.5) is 5.82 Å². The van der Waals surface area contributed by atoms with Gasteiger partial charge >= 0.3 is 0 Å². The van der Waals surface area contributed by atoms with E-state index in [0.29, 0.717) is 6.04 Å². The number of pyridine rings is 1. The molecule has 1 aromatic rings. The lowest BCUT2D eigenvalue weighted by atomic mass is 10.1. The van der Waals surface area contributed by atoms with Gasteiger partial charge in [0.2, 0.25) is 0 Å². The maximum Gasteiger partial charge on any atom is 0.128 e. The molecule has 3 rings (SSSR count). The van der Waals surface area contributed by atoms with Gasteiger partial charge in [-0.05, 0) is 44.9 Å². The molecule has 3 heterocycles. The van der Waals surface area contributed by atoms with Gasteiger partial charge in [-0.15, -0.1) is 0 Å². The average Bonchev–Trinajstić information content (AvgIpc) is 2.85. The molecule has 104 valence electrons. The lowest BCUT2D eigenvalue weighted by molar-refractivity contribution is 0.202. The second-order valence-corrected chi connectivity index (χ2v) is 6.03. The standard InChI is InChI=1S/C15H24N4/c1-11-9-18-7-3-4-14(18)10-19(11)15-6-5-13(8-17-15)12(2)16/h5-6,8,11-12,14H,3-4,7,9-10,16H2,1-2H3/t11?,12-,14?/m1/s1. The number of aromatic nitrogens is 1. The van der Waals surface area contributed by atoms with E-state index in [2.05, 4.69) is 33.8 Å². The summed E-state index contributed by atoms with van der Waals surface area (Å²) in [4.78, 5) is 9.71. The number of piperazine rings is 1. The van der Waals surface area contributed by atoms with Crippen molar-refractivity contribution >= 4 is 5.82 Å². The molecule has 2 unspecified atom stereocenters. The molecule has 0 aliphatic carbocycles. The predicted octanol–water partition coefficient (Wildman–Crippen LogP) is 1.77. The van der Waals surface area contributed by atoms with E-state index < -0.39 is 0 Å². The first kappa shape index (κ1) is 12.9. The first-order chi connectivity index (χ1) is 9.15. The fourth-order valence-corrected chi connectivity index (χ4v) is 3.34. The Hall–Kier alpha value is -1.13. The average molecular weight is 260 g/mol. The Bertz CT molecular complexity index is 428. The zero-order chi connectivity index (χ0) is 13.4. The fraction of sp³-hybridized carbons (Fsp3) is 0.667. The Kier molecular flexibility index (Phi) is 3.46. The number of nitrogens with zero attached hydrogens (tertiary/aromatic N) is 3. The van der Waals surface area contributed by atoms with E-state index in [-0.39, 0.29) is 6.04 Å². The van der Waals surface area contributed by atoms with Crippen LogP contribution >= 0.6 is 0 Å². The Balaban J connectivity index is 1.77. The van der Waals surface area contributed by atoms with Crippen molar-refractivity contribution in [3.63, 3.8) is 0 Å². The number of hydrogen-bond donors (Lipinski definition) is 1. The first-order valence-corrected chi connectivity index (χ1v) is 7.37. The summed E-state index contributed by atoms with van der Waals surface area (Å²) in [6, 6.07) is 5.57. The number of fused-ring (bicyclic) bond motifs is 1. The van der Waals surface area contributed by atoms with Gasteiger partial charge in [0, 0.05) is 37.4 Å². The van der Waals surface area contributed by atoms with Crippen LogP contribution in [0.5, 0.6) is 0 Å². The molecule has 0 aromatic carbocycles. The third-order valence-electron chi connectivity index (χ3n) is 4.53. The Labute approximate surface area is 115 Å². The topological polar surface area (TPSA) is 45.4 Å². The summed E-state index contributed by atoms with van der Waals surface area (Å²) in [6.45, 7) is 7.86. The van der Waals surface area contributed by atoms with E-state index in [1.807, 2.05) is 13.1 Å². The van der Waals surface area contributed by atoms with Crippen molar-refractivity contribution in [3.8, 4) is 0 Å². The van der Waals surface area contributed by atoms with Crippen LogP contribution in [0.15, 0.2) is 18.3 Å². The Morgan fingerprint density at radius 2 is 2.21 bits per heavy atom. The molecule has 0 saturated carbocycles. The Morgan fingerprint density at radius 1 is 1.37 bits per heavy atom. The first-order valence-electron chi connectivity index (χ1n) is 7.37. The summed E-state index contributed by atoms with van der Waals surface area (Å²) in [7, 11) is 0. The third kappa shape index (κ3) is 2.47. The van der Waals surface area contributed by atoms with Crippen LogP contribution in [-0.4, -0.2) is 41.6 Å². The van der Waals surface area contributed by atoms with Crippen molar-refractivity contribution in [1.29, 1.82) is 0 Å². The van der Waals surface area contributed by atoms with Gasteiger partial charge in [-0.3, -0.25) is 4.90 Å². The highest BCUT2D eigenvalue weighted by molar-refractivity contribution is 5.42. The molecule has 0 radical (unpaired) electrons. The highest BCUT2D eigenvalue weighted by atomic mass is 15.3. The van der Waals surface area contributed by atoms with Crippen LogP contribution in [-0.2, 0) is 0 Å². The smallest absolute Gasteiger partial charge is 0.128 e. The number of hydrogen-bond acceptors (Lipinski definition) is 4. The second-order valence-electron chi connectivity index (χ2n) is 6.03. The van der Waals surface area contributed by atoms with Crippen LogP contribution in [0.25, 0.3) is 0 Å². The number of rotatable bonds is 2. The van der Waals surface area contributed by atoms with Gasteiger partial charge < -0.3 is 10.6 Å². The normalized spacial score (nSPS) is 29.3. The van der Waals surface area contributed by atoms with Gasteiger partial charge in [-0.25, -0.2) is 4.98 Å². The van der Waals surface area contributed by atoms with Crippen LogP contribution in [0.2, 0.25) is 0 Å². The van der Waals surface area contributed by atoms with E-state index >= 15 is 0 Å². The number of anilines is 1. The zero-order valence-electron chi connectivity index (χ0n) is 11.9. The molecule has 2 aliphatic heterocycles. The largest absolute Gasteiger partial charge is 0.351 e.